The summed E-state index contributed by atoms with van der Waals surface area (Å²) in [6.07, 6.45) is 0.126. The van der Waals surface area contributed by atoms with Crippen LogP contribution in [0.4, 0.5) is 0 Å². The van der Waals surface area contributed by atoms with Crippen molar-refractivity contribution in [1.29, 1.82) is 0 Å². The summed E-state index contributed by atoms with van der Waals surface area (Å²) < 4.78 is 10.3. The summed E-state index contributed by atoms with van der Waals surface area (Å²) in [5.41, 5.74) is 2.26. The molecule has 1 aliphatic rings. The maximum Gasteiger partial charge on any atom is 0.339 e. The zero-order valence-corrected chi connectivity index (χ0v) is 13.9. The monoisotopic (exact) mass is 308 g/mol. The number of nitrogens with zero attached hydrogens (tertiary/aromatic N) is 1. The molecule has 1 fully saturated rings. The second kappa shape index (κ2) is 6.62. The van der Waals surface area contributed by atoms with E-state index in [4.69, 9.17) is 9.47 Å². The molecule has 1 saturated heterocycles. The lowest BCUT2D eigenvalue weighted by Crippen LogP contribution is -2.48. The van der Waals surface area contributed by atoms with Crippen LogP contribution in [0, 0.1) is 13.8 Å². The normalized spacial score (nSPS) is 20.7. The standard InChI is InChI=1S/C16H24N2O4/c1-9-8-18(6-7-22-9)12(4)15(19)14-10(2)13(11(3)17-14)16(20)21-5/h9,12,17H,6-8H2,1-5H3. The van der Waals surface area contributed by atoms with Crippen LogP contribution in [0.3, 0.4) is 0 Å². The SMILES string of the molecule is COC(=O)c1c(C)[nH]c(C(=O)C(C)N2CCOC(C)C2)c1C. The van der Waals surface area contributed by atoms with E-state index >= 15 is 0 Å². The van der Waals surface area contributed by atoms with Crippen LogP contribution in [0.15, 0.2) is 0 Å². The number of ether oxygens (including phenoxy) is 2. The van der Waals surface area contributed by atoms with Crippen LogP contribution < -0.4 is 0 Å². The zero-order valence-electron chi connectivity index (χ0n) is 13.9. The maximum atomic E-state index is 12.8. The molecule has 2 unspecified atom stereocenters. The van der Waals surface area contributed by atoms with Crippen LogP contribution in [0.5, 0.6) is 0 Å². The number of hydrogen-bond acceptors (Lipinski definition) is 5. The Bertz CT molecular complexity index is 579. The van der Waals surface area contributed by atoms with Crippen molar-refractivity contribution in [2.24, 2.45) is 0 Å². The number of aryl methyl sites for hydroxylation is 1. The lowest BCUT2D eigenvalue weighted by atomic mass is 10.0. The maximum absolute atomic E-state index is 12.8. The highest BCUT2D eigenvalue weighted by Crippen LogP contribution is 2.22. The molecule has 122 valence electrons. The summed E-state index contributed by atoms with van der Waals surface area (Å²) in [6, 6.07) is -0.256. The number of Topliss-reactive ketones (excluding diaryl/α,β-unsaturated/α-hetero) is 1. The van der Waals surface area contributed by atoms with E-state index in [1.165, 1.54) is 7.11 Å². The van der Waals surface area contributed by atoms with Crippen molar-refractivity contribution in [2.45, 2.75) is 39.8 Å². The van der Waals surface area contributed by atoms with Gasteiger partial charge in [-0.15, -0.1) is 0 Å². The van der Waals surface area contributed by atoms with Crippen LogP contribution in [-0.4, -0.2) is 60.6 Å². The van der Waals surface area contributed by atoms with Crippen molar-refractivity contribution in [3.05, 3.63) is 22.5 Å². The molecule has 1 aromatic heterocycles. The van der Waals surface area contributed by atoms with E-state index in [0.717, 1.165) is 13.1 Å². The number of rotatable bonds is 4. The summed E-state index contributed by atoms with van der Waals surface area (Å²) in [7, 11) is 1.34. The summed E-state index contributed by atoms with van der Waals surface area (Å²) >= 11 is 0. The van der Waals surface area contributed by atoms with Gasteiger partial charge in [0.1, 0.15) is 0 Å². The molecule has 6 nitrogen and oxygen atoms in total. The topological polar surface area (TPSA) is 71.6 Å². The first-order chi connectivity index (χ1) is 10.4. The van der Waals surface area contributed by atoms with Crippen LogP contribution in [-0.2, 0) is 9.47 Å². The number of aromatic nitrogens is 1. The number of H-pyrrole nitrogens is 1. The van der Waals surface area contributed by atoms with Gasteiger partial charge in [0, 0.05) is 18.8 Å². The van der Waals surface area contributed by atoms with Crippen molar-refractivity contribution in [1.82, 2.24) is 9.88 Å². The molecule has 2 rings (SSSR count). The molecule has 6 heteroatoms. The number of ketones is 1. The van der Waals surface area contributed by atoms with Crippen LogP contribution in [0.1, 0.15) is 46.0 Å². The Morgan fingerprint density at radius 1 is 1.41 bits per heavy atom. The van der Waals surface area contributed by atoms with E-state index in [1.54, 1.807) is 13.8 Å². The van der Waals surface area contributed by atoms with Gasteiger partial charge >= 0.3 is 5.97 Å². The number of methoxy groups -OCH3 is 1. The van der Waals surface area contributed by atoms with Crippen molar-refractivity contribution in [2.75, 3.05) is 26.8 Å². The summed E-state index contributed by atoms with van der Waals surface area (Å²) in [4.78, 5) is 29.8. The van der Waals surface area contributed by atoms with Gasteiger partial charge in [-0.3, -0.25) is 9.69 Å². The Morgan fingerprint density at radius 3 is 2.68 bits per heavy atom. The van der Waals surface area contributed by atoms with E-state index in [1.807, 2.05) is 13.8 Å². The van der Waals surface area contributed by atoms with E-state index in [9.17, 15) is 9.59 Å². The van der Waals surface area contributed by atoms with Crippen molar-refractivity contribution < 1.29 is 19.1 Å². The molecule has 22 heavy (non-hydrogen) atoms. The number of nitrogens with one attached hydrogen (secondary N) is 1. The Morgan fingerprint density at radius 2 is 2.09 bits per heavy atom. The first-order valence-corrected chi connectivity index (χ1v) is 7.54. The Hall–Kier alpha value is -1.66. The molecule has 1 aromatic rings. The van der Waals surface area contributed by atoms with Gasteiger partial charge in [0.2, 0.25) is 0 Å². The summed E-state index contributed by atoms with van der Waals surface area (Å²) in [6.45, 7) is 9.55. The smallest absolute Gasteiger partial charge is 0.339 e. The lowest BCUT2D eigenvalue weighted by Gasteiger charge is -2.34. The molecule has 2 atom stereocenters. The Balaban J connectivity index is 2.24. The van der Waals surface area contributed by atoms with Crippen LogP contribution in [0.2, 0.25) is 0 Å². The number of esters is 1. The average Bonchev–Trinajstić information content (AvgIpc) is 2.80. The predicted molar refractivity (Wildman–Crippen MR) is 82.4 cm³/mol. The molecular formula is C16H24N2O4. The van der Waals surface area contributed by atoms with Gasteiger partial charge in [-0.2, -0.15) is 0 Å². The average molecular weight is 308 g/mol. The van der Waals surface area contributed by atoms with Gasteiger partial charge in [0.05, 0.1) is 37.1 Å². The molecule has 1 N–H and O–H groups in total. The zero-order chi connectivity index (χ0) is 16.4. The van der Waals surface area contributed by atoms with Crippen LogP contribution in [0.25, 0.3) is 0 Å². The van der Waals surface area contributed by atoms with E-state index < -0.39 is 5.97 Å². The molecule has 0 amide bonds. The third-order valence-electron chi connectivity index (χ3n) is 4.27. The second-order valence-electron chi connectivity index (χ2n) is 5.83. The van der Waals surface area contributed by atoms with Crippen molar-refractivity contribution in [3.63, 3.8) is 0 Å². The predicted octanol–water partition coefficient (Wildman–Crippen LogP) is 1.71. The van der Waals surface area contributed by atoms with Crippen molar-refractivity contribution in [3.8, 4) is 0 Å². The first kappa shape index (κ1) is 16.7. The van der Waals surface area contributed by atoms with Gasteiger partial charge in [0.15, 0.2) is 5.78 Å². The largest absolute Gasteiger partial charge is 0.465 e. The molecule has 0 radical (unpaired) electrons. The fourth-order valence-electron chi connectivity index (χ4n) is 2.98. The van der Waals surface area contributed by atoms with Gasteiger partial charge in [0.25, 0.3) is 0 Å². The van der Waals surface area contributed by atoms with E-state index in [-0.39, 0.29) is 17.9 Å². The van der Waals surface area contributed by atoms with Gasteiger partial charge in [-0.25, -0.2) is 4.79 Å². The molecule has 0 aromatic carbocycles. The Kier molecular flexibility index (Phi) is 5.03. The minimum atomic E-state index is -0.419. The minimum Gasteiger partial charge on any atom is -0.465 e. The fourth-order valence-corrected chi connectivity index (χ4v) is 2.98. The molecule has 0 spiro atoms. The number of morpholine rings is 1. The number of aromatic amines is 1. The van der Waals surface area contributed by atoms with E-state index in [0.29, 0.717) is 29.1 Å². The minimum absolute atomic E-state index is 0.00940. The molecule has 0 aliphatic carbocycles. The fraction of sp³-hybridized carbons (Fsp3) is 0.625. The van der Waals surface area contributed by atoms with Gasteiger partial charge in [-0.1, -0.05) is 0 Å². The van der Waals surface area contributed by atoms with Crippen LogP contribution >= 0.6 is 0 Å². The third-order valence-corrected chi connectivity index (χ3v) is 4.27. The third kappa shape index (κ3) is 3.08. The first-order valence-electron chi connectivity index (χ1n) is 7.54. The van der Waals surface area contributed by atoms with Gasteiger partial charge < -0.3 is 14.5 Å². The lowest BCUT2D eigenvalue weighted by molar-refractivity contribution is -0.0278. The highest BCUT2D eigenvalue weighted by molar-refractivity contribution is 6.03. The number of carbonyl (C=O) groups is 2. The number of carbonyl (C=O) groups excluding carboxylic acids is 2. The summed E-state index contributed by atoms with van der Waals surface area (Å²) in [5, 5.41) is 0. The number of hydrogen-bond donors (Lipinski definition) is 1. The van der Waals surface area contributed by atoms with Crippen molar-refractivity contribution >= 4 is 11.8 Å². The second-order valence-corrected chi connectivity index (χ2v) is 5.83. The molecule has 0 bridgehead atoms. The highest BCUT2D eigenvalue weighted by Gasteiger charge is 2.30. The highest BCUT2D eigenvalue weighted by atomic mass is 16.5. The molecule has 0 saturated carbocycles. The Labute approximate surface area is 130 Å². The van der Waals surface area contributed by atoms with Gasteiger partial charge in [-0.05, 0) is 33.3 Å². The molecular weight excluding hydrogens is 284 g/mol. The molecule has 2 heterocycles. The van der Waals surface area contributed by atoms with E-state index in [2.05, 4.69) is 9.88 Å². The quantitative estimate of drug-likeness (QED) is 0.677. The molecule has 1 aliphatic heterocycles. The summed E-state index contributed by atoms with van der Waals surface area (Å²) in [5.74, 6) is -0.428.